The Morgan fingerprint density at radius 1 is 0.538 bits per heavy atom. The number of rotatable bonds is 21. The maximum absolute atomic E-state index is 12.6. The number of carbonyl (C=O) groups excluding carboxylic acids is 3. The second-order valence-corrected chi connectivity index (χ2v) is 17.9. The Morgan fingerprint density at radius 3 is 1.48 bits per heavy atom. The smallest absolute Gasteiger partial charge is 0.278 e. The minimum absolute atomic E-state index is 0.0712. The first kappa shape index (κ1) is 53.7. The standard InChI is InChI=1S/C42H73N3O20/c1-8-23-27(9-46)61-32(36(39(23)54)45-22(5)51)18-58-13-25-34(43-20(3)49)30(60-19(2)37(25)52)16-59-14-26-35(44-21(4)50)31(63-29(11-48)38(26)53)17-57-12-24-28(10-47)62-33(15-56-7)41-40(24)64-42(6,55)65-41/h19,23-41,46-48,52-55H,8-18H2,1-7H3,(H,43,49)(H,44,50)(H,45,51). The van der Waals surface area contributed by atoms with Crippen LogP contribution in [0, 0.1) is 23.7 Å². The zero-order valence-corrected chi connectivity index (χ0v) is 38.3. The van der Waals surface area contributed by atoms with Gasteiger partial charge in [-0.1, -0.05) is 6.92 Å². The van der Waals surface area contributed by atoms with Crippen LogP contribution >= 0.6 is 0 Å². The van der Waals surface area contributed by atoms with Crippen LogP contribution in [0.3, 0.4) is 0 Å². The number of carbonyl (C=O) groups is 3. The van der Waals surface area contributed by atoms with E-state index in [1.54, 1.807) is 6.92 Å². The third-order valence-electron chi connectivity index (χ3n) is 13.1. The summed E-state index contributed by atoms with van der Waals surface area (Å²) in [5.74, 6) is -5.88. The number of methoxy groups -OCH3 is 1. The third kappa shape index (κ3) is 13.3. The van der Waals surface area contributed by atoms with Crippen molar-refractivity contribution in [2.75, 3.05) is 73.2 Å². The molecule has 0 aromatic heterocycles. The summed E-state index contributed by atoms with van der Waals surface area (Å²) in [7, 11) is 1.48. The second kappa shape index (κ2) is 24.3. The Kier molecular flexibility index (Phi) is 20.1. The summed E-state index contributed by atoms with van der Waals surface area (Å²) in [4.78, 5) is 37.3. The molecule has 0 radical (unpaired) electrons. The fourth-order valence-electron chi connectivity index (χ4n) is 10.0. The minimum atomic E-state index is -1.93. The molecule has 5 heterocycles. The molecule has 5 saturated heterocycles. The lowest BCUT2D eigenvalue weighted by atomic mass is 9.83. The highest BCUT2D eigenvalue weighted by atomic mass is 16.9. The van der Waals surface area contributed by atoms with Crippen LogP contribution in [-0.2, 0) is 61.8 Å². The normalized spacial score (nSPS) is 43.1. The number of aliphatic hydroxyl groups excluding tert-OH is 6. The molecular formula is C42H73N3O20. The second-order valence-electron chi connectivity index (χ2n) is 17.9. The van der Waals surface area contributed by atoms with E-state index in [9.17, 15) is 50.1 Å². The number of hydrogen-bond donors (Lipinski definition) is 10. The maximum Gasteiger partial charge on any atom is 0.278 e. The van der Waals surface area contributed by atoms with Crippen molar-refractivity contribution in [2.24, 2.45) is 23.7 Å². The van der Waals surface area contributed by atoms with E-state index in [-0.39, 0.29) is 52.9 Å². The van der Waals surface area contributed by atoms with Crippen LogP contribution in [0.1, 0.15) is 48.0 Å². The van der Waals surface area contributed by atoms with Crippen LogP contribution in [0.15, 0.2) is 0 Å². The van der Waals surface area contributed by atoms with Gasteiger partial charge in [-0.2, -0.15) is 0 Å². The lowest BCUT2D eigenvalue weighted by molar-refractivity contribution is -0.307. The van der Waals surface area contributed by atoms with Gasteiger partial charge in [0, 0.05) is 58.5 Å². The van der Waals surface area contributed by atoms with E-state index >= 15 is 0 Å². The Bertz CT molecular complexity index is 1520. The van der Waals surface area contributed by atoms with Crippen molar-refractivity contribution in [2.45, 2.75) is 151 Å². The fraction of sp³-hybridized carbons (Fsp3) is 0.929. The number of fused-ring (bicyclic) bond motifs is 1. The molecule has 23 heteroatoms. The SMILES string of the molecule is CCC1C(CO)OC(COCC2C(O)C(C)OC(COCC3C(O)C(CO)OC(COCC4C(CO)OC(COC)C5OC(C)(O)OC45)C3NC(C)=O)C2NC(C)=O)C(NC(C)=O)C1O. The summed E-state index contributed by atoms with van der Waals surface area (Å²) in [5.41, 5.74) is 0. The molecule has 0 aromatic carbocycles. The molecule has 0 aromatic rings. The predicted octanol–water partition coefficient (Wildman–Crippen LogP) is -4.33. The Morgan fingerprint density at radius 2 is 0.969 bits per heavy atom. The quantitative estimate of drug-likeness (QED) is 0.0520. The zero-order valence-electron chi connectivity index (χ0n) is 38.3. The molecule has 0 spiro atoms. The Hall–Kier alpha value is -2.27. The van der Waals surface area contributed by atoms with Crippen molar-refractivity contribution in [3.8, 4) is 0 Å². The van der Waals surface area contributed by atoms with E-state index in [1.807, 2.05) is 6.92 Å². The van der Waals surface area contributed by atoms with Gasteiger partial charge >= 0.3 is 0 Å². The minimum Gasteiger partial charge on any atom is -0.394 e. The number of ether oxygens (including phenoxy) is 10. The van der Waals surface area contributed by atoms with Crippen molar-refractivity contribution in [3.05, 3.63) is 0 Å². The summed E-state index contributed by atoms with van der Waals surface area (Å²) >= 11 is 0. The van der Waals surface area contributed by atoms with Crippen molar-refractivity contribution in [3.63, 3.8) is 0 Å². The summed E-state index contributed by atoms with van der Waals surface area (Å²) in [6, 6.07) is -2.61. The van der Waals surface area contributed by atoms with E-state index in [0.29, 0.717) is 6.42 Å². The van der Waals surface area contributed by atoms with E-state index in [0.717, 1.165) is 0 Å². The van der Waals surface area contributed by atoms with Crippen LogP contribution in [-0.4, -0.2) is 230 Å². The molecule has 3 amide bonds. The highest BCUT2D eigenvalue weighted by Gasteiger charge is 2.56. The maximum atomic E-state index is 12.6. The molecule has 5 aliphatic heterocycles. The van der Waals surface area contributed by atoms with Gasteiger partial charge in [0.1, 0.15) is 36.6 Å². The van der Waals surface area contributed by atoms with Crippen molar-refractivity contribution in [1.29, 1.82) is 0 Å². The topological polar surface area (TPSA) is 321 Å². The van der Waals surface area contributed by atoms with Crippen LogP contribution in [0.5, 0.6) is 0 Å². The van der Waals surface area contributed by atoms with E-state index < -0.39 is 158 Å². The molecule has 65 heavy (non-hydrogen) atoms. The van der Waals surface area contributed by atoms with Crippen LogP contribution in [0.25, 0.3) is 0 Å². The monoisotopic (exact) mass is 939 g/mol. The first-order valence-corrected chi connectivity index (χ1v) is 22.5. The van der Waals surface area contributed by atoms with E-state index in [4.69, 9.17) is 47.4 Å². The van der Waals surface area contributed by atoms with Gasteiger partial charge in [-0.3, -0.25) is 14.4 Å². The fourth-order valence-corrected chi connectivity index (χ4v) is 10.0. The van der Waals surface area contributed by atoms with E-state index in [2.05, 4.69) is 16.0 Å². The zero-order chi connectivity index (χ0) is 47.7. The Balaban J connectivity index is 1.26. The number of aliphatic hydroxyl groups is 7. The molecule has 0 aliphatic carbocycles. The molecule has 5 rings (SSSR count). The van der Waals surface area contributed by atoms with Crippen LogP contribution < -0.4 is 16.0 Å². The summed E-state index contributed by atoms with van der Waals surface area (Å²) in [6.07, 6.45) is -11.1. The number of amides is 3. The third-order valence-corrected chi connectivity index (χ3v) is 13.1. The average molecular weight is 940 g/mol. The van der Waals surface area contributed by atoms with Gasteiger partial charge in [0.25, 0.3) is 5.97 Å². The van der Waals surface area contributed by atoms with Crippen LogP contribution in [0.4, 0.5) is 0 Å². The number of nitrogens with one attached hydrogen (secondary N) is 3. The van der Waals surface area contributed by atoms with Gasteiger partial charge in [-0.05, 0) is 13.3 Å². The molecule has 10 N–H and O–H groups in total. The number of hydrogen-bond acceptors (Lipinski definition) is 20. The highest BCUT2D eigenvalue weighted by molar-refractivity contribution is 5.74. The van der Waals surface area contributed by atoms with E-state index in [1.165, 1.54) is 34.8 Å². The molecule has 21 atom stereocenters. The van der Waals surface area contributed by atoms with Gasteiger partial charge in [-0.25, -0.2) is 0 Å². The van der Waals surface area contributed by atoms with Gasteiger partial charge in [-0.15, -0.1) is 0 Å². The Labute approximate surface area is 379 Å². The molecule has 5 aliphatic rings. The first-order chi connectivity index (χ1) is 30.9. The lowest BCUT2D eigenvalue weighted by Crippen LogP contribution is -2.64. The van der Waals surface area contributed by atoms with Crippen LogP contribution in [0.2, 0.25) is 0 Å². The highest BCUT2D eigenvalue weighted by Crippen LogP contribution is 2.40. The van der Waals surface area contributed by atoms with Gasteiger partial charge in [0.05, 0.1) is 127 Å². The van der Waals surface area contributed by atoms with Gasteiger partial charge < -0.3 is 99.1 Å². The summed E-state index contributed by atoms with van der Waals surface area (Å²) < 4.78 is 59.6. The van der Waals surface area contributed by atoms with Crippen molar-refractivity contribution >= 4 is 17.7 Å². The summed E-state index contributed by atoms with van der Waals surface area (Å²) in [6.45, 7) is 6.67. The van der Waals surface area contributed by atoms with Crippen molar-refractivity contribution in [1.82, 2.24) is 16.0 Å². The predicted molar refractivity (Wildman–Crippen MR) is 221 cm³/mol. The molecule has 21 unspecified atom stereocenters. The largest absolute Gasteiger partial charge is 0.394 e. The van der Waals surface area contributed by atoms with Crippen molar-refractivity contribution < 1.29 is 97.5 Å². The molecule has 5 fully saturated rings. The molecule has 376 valence electrons. The molecule has 0 bridgehead atoms. The first-order valence-electron chi connectivity index (χ1n) is 22.5. The summed E-state index contributed by atoms with van der Waals surface area (Å²) in [5, 5.41) is 83.5. The molecular weight excluding hydrogens is 866 g/mol. The lowest BCUT2D eigenvalue weighted by Gasteiger charge is -2.46. The van der Waals surface area contributed by atoms with Gasteiger partial charge in [0.15, 0.2) is 0 Å². The molecule has 23 nitrogen and oxygen atoms in total. The molecule has 0 saturated carbocycles. The van der Waals surface area contributed by atoms with Gasteiger partial charge in [0.2, 0.25) is 17.7 Å². The average Bonchev–Trinajstić information content (AvgIpc) is 3.58.